The molecule has 0 aliphatic carbocycles. The molecule has 1 aromatic heterocycles. The predicted molar refractivity (Wildman–Crippen MR) is 143 cm³/mol. The number of ether oxygens (including phenoxy) is 2. The highest BCUT2D eigenvalue weighted by Crippen LogP contribution is 2.43. The van der Waals surface area contributed by atoms with Crippen molar-refractivity contribution in [3.05, 3.63) is 101 Å². The maximum absolute atomic E-state index is 14.1. The van der Waals surface area contributed by atoms with Crippen LogP contribution in [0.2, 0.25) is 0 Å². The van der Waals surface area contributed by atoms with Crippen LogP contribution < -0.4 is 10.5 Å². The molecule has 0 fully saturated rings. The summed E-state index contributed by atoms with van der Waals surface area (Å²) >= 11 is 0. The maximum Gasteiger partial charge on any atom is 0.341 e. The van der Waals surface area contributed by atoms with Crippen molar-refractivity contribution < 1.29 is 27.5 Å². The molecule has 0 aliphatic heterocycles. The van der Waals surface area contributed by atoms with Gasteiger partial charge in [-0.05, 0) is 65.9 Å². The Labute approximate surface area is 221 Å². The number of carbonyl (C=O) groups excluding carboxylic acids is 2. The van der Waals surface area contributed by atoms with Gasteiger partial charge in [-0.1, -0.05) is 30.3 Å². The van der Waals surface area contributed by atoms with E-state index in [0.717, 1.165) is 12.7 Å². The molecular weight excluding hydrogens is 504 g/mol. The Morgan fingerprint density at radius 3 is 2.34 bits per heavy atom. The summed E-state index contributed by atoms with van der Waals surface area (Å²) in [5.41, 5.74) is 9.12. The molecule has 1 heterocycles. The van der Waals surface area contributed by atoms with Gasteiger partial charge in [0.1, 0.15) is 11.3 Å². The third kappa shape index (κ3) is 4.76. The van der Waals surface area contributed by atoms with Crippen molar-refractivity contribution in [3.8, 4) is 16.9 Å². The molecule has 0 bridgehead atoms. The molecule has 38 heavy (non-hydrogen) atoms. The lowest BCUT2D eigenvalue weighted by Gasteiger charge is -2.23. The molecule has 0 spiro atoms. The van der Waals surface area contributed by atoms with Crippen LogP contribution >= 0.6 is 0 Å². The lowest BCUT2D eigenvalue weighted by atomic mass is 9.86. The number of sulfone groups is 1. The van der Waals surface area contributed by atoms with Crippen LogP contribution in [0, 0.1) is 6.92 Å². The quantitative estimate of drug-likeness (QED) is 0.198. The van der Waals surface area contributed by atoms with Crippen molar-refractivity contribution in [2.24, 2.45) is 0 Å². The normalized spacial score (nSPS) is 11.1. The van der Waals surface area contributed by atoms with Gasteiger partial charge in [0, 0.05) is 23.5 Å². The number of anilines is 1. The van der Waals surface area contributed by atoms with Gasteiger partial charge in [0.05, 0.1) is 29.7 Å². The third-order valence-corrected chi connectivity index (χ3v) is 8.29. The van der Waals surface area contributed by atoms with Gasteiger partial charge in [0.25, 0.3) is 0 Å². The molecule has 0 radical (unpaired) electrons. The zero-order valence-corrected chi connectivity index (χ0v) is 21.9. The number of methoxy groups -OCH3 is 2. The first-order valence-corrected chi connectivity index (χ1v) is 13.1. The average molecular weight is 531 g/mol. The summed E-state index contributed by atoms with van der Waals surface area (Å²) < 4.78 is 38.3. The van der Waals surface area contributed by atoms with E-state index in [0.29, 0.717) is 39.9 Å². The third-order valence-electron chi connectivity index (χ3n) is 6.35. The molecule has 4 aromatic rings. The van der Waals surface area contributed by atoms with Crippen LogP contribution in [0.3, 0.4) is 0 Å². The van der Waals surface area contributed by atoms with Crippen molar-refractivity contribution in [2.75, 3.05) is 20.0 Å². The fourth-order valence-corrected chi connectivity index (χ4v) is 6.22. The first kappa shape index (κ1) is 26.6. The van der Waals surface area contributed by atoms with Gasteiger partial charge < -0.3 is 15.2 Å². The van der Waals surface area contributed by atoms with E-state index < -0.39 is 15.8 Å². The smallest absolute Gasteiger partial charge is 0.341 e. The number of nitrogen functional groups attached to an aromatic ring is 1. The summed E-state index contributed by atoms with van der Waals surface area (Å²) in [5, 5.41) is 0. The van der Waals surface area contributed by atoms with Crippen LogP contribution in [0.25, 0.3) is 11.1 Å². The lowest BCUT2D eigenvalue weighted by molar-refractivity contribution is 0.0597. The van der Waals surface area contributed by atoms with Crippen LogP contribution in [-0.2, 0) is 21.0 Å². The summed E-state index contributed by atoms with van der Waals surface area (Å²) in [5.74, 6) is -0.429. The van der Waals surface area contributed by atoms with Crippen molar-refractivity contribution in [2.45, 2.75) is 23.1 Å². The minimum absolute atomic E-state index is 0.0423. The van der Waals surface area contributed by atoms with Crippen molar-refractivity contribution >= 4 is 27.8 Å². The second-order valence-electron chi connectivity index (χ2n) is 8.51. The first-order chi connectivity index (χ1) is 18.2. The van der Waals surface area contributed by atoms with Gasteiger partial charge in [0.2, 0.25) is 9.84 Å². The zero-order valence-electron chi connectivity index (χ0n) is 21.1. The van der Waals surface area contributed by atoms with Gasteiger partial charge in [-0.3, -0.25) is 9.78 Å². The molecule has 0 aliphatic rings. The van der Waals surface area contributed by atoms with Crippen molar-refractivity contribution in [1.29, 1.82) is 0 Å². The van der Waals surface area contributed by atoms with E-state index in [1.807, 2.05) is 6.07 Å². The summed E-state index contributed by atoms with van der Waals surface area (Å²) in [6, 6.07) is 16.3. The second-order valence-corrected chi connectivity index (χ2v) is 10.4. The van der Waals surface area contributed by atoms with E-state index in [1.165, 1.54) is 31.4 Å². The van der Waals surface area contributed by atoms with Crippen molar-refractivity contribution in [1.82, 2.24) is 4.98 Å². The van der Waals surface area contributed by atoms with E-state index in [4.69, 9.17) is 15.2 Å². The van der Waals surface area contributed by atoms with Gasteiger partial charge in [0.15, 0.2) is 6.29 Å². The largest absolute Gasteiger partial charge is 0.497 e. The Kier molecular flexibility index (Phi) is 7.59. The summed E-state index contributed by atoms with van der Waals surface area (Å²) in [6.45, 7) is 1.63. The Morgan fingerprint density at radius 2 is 1.74 bits per heavy atom. The molecule has 8 nitrogen and oxygen atoms in total. The highest BCUT2D eigenvalue weighted by molar-refractivity contribution is 7.91. The van der Waals surface area contributed by atoms with E-state index in [9.17, 15) is 18.0 Å². The fraction of sp³-hybridized carbons (Fsp3) is 0.138. The van der Waals surface area contributed by atoms with E-state index in [-0.39, 0.29) is 27.5 Å². The van der Waals surface area contributed by atoms with Gasteiger partial charge in [-0.15, -0.1) is 0 Å². The predicted octanol–water partition coefficient (Wildman–Crippen LogP) is 4.67. The second kappa shape index (κ2) is 10.9. The van der Waals surface area contributed by atoms with Gasteiger partial charge in [-0.25, -0.2) is 13.2 Å². The molecule has 4 rings (SSSR count). The molecule has 0 atom stereocenters. The Balaban J connectivity index is 2.14. The van der Waals surface area contributed by atoms with Crippen LogP contribution in [0.5, 0.6) is 5.75 Å². The Hall–Kier alpha value is -4.50. The number of aromatic nitrogens is 1. The number of esters is 1. The SMILES string of the molecule is COC(=O)c1c(N)c(-c2ccccc2C=O)c(Cc2cccnc2)c(C)c1S(=O)(=O)c1ccc(OC)cc1. The molecular formula is C29H26N2O6S. The number of aldehydes is 1. The molecule has 0 saturated carbocycles. The molecule has 3 aromatic carbocycles. The van der Waals surface area contributed by atoms with Crippen LogP contribution in [0.1, 0.15) is 37.4 Å². The topological polar surface area (TPSA) is 126 Å². The van der Waals surface area contributed by atoms with E-state index in [2.05, 4.69) is 4.98 Å². The number of hydrogen-bond acceptors (Lipinski definition) is 8. The van der Waals surface area contributed by atoms with Crippen molar-refractivity contribution in [3.63, 3.8) is 0 Å². The molecule has 2 N–H and O–H groups in total. The first-order valence-electron chi connectivity index (χ1n) is 11.6. The minimum atomic E-state index is -4.25. The molecule has 0 amide bonds. The number of nitrogens with two attached hydrogens (primary N) is 1. The highest BCUT2D eigenvalue weighted by Gasteiger charge is 2.34. The zero-order chi connectivity index (χ0) is 27.4. The minimum Gasteiger partial charge on any atom is -0.497 e. The number of pyridine rings is 1. The monoisotopic (exact) mass is 530 g/mol. The number of benzene rings is 3. The number of hydrogen-bond donors (Lipinski definition) is 1. The fourth-order valence-electron chi connectivity index (χ4n) is 4.50. The maximum atomic E-state index is 14.1. The molecule has 0 saturated heterocycles. The highest BCUT2D eigenvalue weighted by atomic mass is 32.2. The standard InChI is InChI=1S/C29H26N2O6S/c1-18-24(15-19-7-6-14-31-16-19)25(23-9-5-4-8-20(23)17-32)27(30)26(29(33)37-3)28(18)38(34,35)22-12-10-21(36-2)11-13-22/h4-14,16-17H,15,30H2,1-3H3. The lowest BCUT2D eigenvalue weighted by Crippen LogP contribution is -2.19. The summed E-state index contributed by atoms with van der Waals surface area (Å²) in [4.78, 5) is 29.0. The van der Waals surface area contributed by atoms with E-state index >= 15 is 0 Å². The molecule has 0 unspecified atom stereocenters. The number of nitrogens with zero attached hydrogens (tertiary/aromatic N) is 1. The number of carbonyl (C=O) groups is 2. The summed E-state index contributed by atoms with van der Waals surface area (Å²) in [7, 11) is -1.62. The van der Waals surface area contributed by atoms with Gasteiger partial charge >= 0.3 is 5.97 Å². The van der Waals surface area contributed by atoms with Crippen LogP contribution in [0.4, 0.5) is 5.69 Å². The Bertz CT molecular complexity index is 1620. The molecule has 194 valence electrons. The summed E-state index contributed by atoms with van der Waals surface area (Å²) in [6.07, 6.45) is 4.24. The van der Waals surface area contributed by atoms with E-state index in [1.54, 1.807) is 49.6 Å². The van der Waals surface area contributed by atoms with Gasteiger partial charge in [-0.2, -0.15) is 0 Å². The molecule has 9 heteroatoms. The number of rotatable bonds is 8. The van der Waals surface area contributed by atoms with Crippen LogP contribution in [-0.4, -0.2) is 39.9 Å². The average Bonchev–Trinajstić information content (AvgIpc) is 2.94. The van der Waals surface area contributed by atoms with Crippen LogP contribution in [0.15, 0.2) is 82.8 Å². The Morgan fingerprint density at radius 1 is 1.03 bits per heavy atom.